The summed E-state index contributed by atoms with van der Waals surface area (Å²) in [6.07, 6.45) is 3.57. The number of halogens is 2. The van der Waals surface area contributed by atoms with Crippen molar-refractivity contribution >= 4 is 23.4 Å². The number of pyridine rings is 1. The molecule has 0 spiro atoms. The minimum absolute atomic E-state index is 0.295. The van der Waals surface area contributed by atoms with Crippen molar-refractivity contribution in [3.05, 3.63) is 101 Å². The molecule has 7 heteroatoms. The maximum atomic E-state index is 13.1. The predicted molar refractivity (Wildman–Crippen MR) is 113 cm³/mol. The molecule has 2 aromatic heterocycles. The molecule has 146 valence electrons. The molecule has 0 atom stereocenters. The van der Waals surface area contributed by atoms with Gasteiger partial charge in [0.1, 0.15) is 18.2 Å². The number of rotatable bonds is 7. The van der Waals surface area contributed by atoms with Crippen LogP contribution in [0.15, 0.2) is 84.3 Å². The molecular weight excluding hydrogens is 409 g/mol. The van der Waals surface area contributed by atoms with E-state index in [1.165, 1.54) is 12.1 Å². The molecule has 4 nitrogen and oxygen atoms in total. The molecule has 0 N–H and O–H groups in total. The first kappa shape index (κ1) is 19.5. The number of thioether (sulfide) groups is 1. The lowest BCUT2D eigenvalue weighted by molar-refractivity contribution is 0.298. The summed E-state index contributed by atoms with van der Waals surface area (Å²) in [5, 5.41) is 1.50. The lowest BCUT2D eigenvalue weighted by Crippen LogP contribution is -2.05. The van der Waals surface area contributed by atoms with Crippen molar-refractivity contribution in [2.45, 2.75) is 17.5 Å². The standard InChI is InChI=1S/C22H17ClFN3OS/c23-16-4-8-19(9-5-16)27-20(14-28-21-10-6-17(24)7-11-21)13-26-22(27)29-15-18-3-1-2-12-25-18/h1-13H,14-15H2. The van der Waals surface area contributed by atoms with Gasteiger partial charge in [-0.05, 0) is 60.7 Å². The van der Waals surface area contributed by atoms with Crippen molar-refractivity contribution in [3.63, 3.8) is 0 Å². The van der Waals surface area contributed by atoms with Gasteiger partial charge in [-0.25, -0.2) is 9.37 Å². The maximum absolute atomic E-state index is 13.1. The summed E-state index contributed by atoms with van der Waals surface area (Å²) in [7, 11) is 0. The third-order valence-corrected chi connectivity index (χ3v) is 5.40. The third-order valence-electron chi connectivity index (χ3n) is 4.16. The van der Waals surface area contributed by atoms with Crippen LogP contribution in [0.4, 0.5) is 4.39 Å². The lowest BCUT2D eigenvalue weighted by Gasteiger charge is -2.13. The van der Waals surface area contributed by atoms with E-state index in [9.17, 15) is 4.39 Å². The molecule has 0 radical (unpaired) electrons. The quantitative estimate of drug-likeness (QED) is 0.344. The molecule has 0 bridgehead atoms. The summed E-state index contributed by atoms with van der Waals surface area (Å²) in [6, 6.07) is 19.4. The van der Waals surface area contributed by atoms with Crippen molar-refractivity contribution in [1.82, 2.24) is 14.5 Å². The van der Waals surface area contributed by atoms with Crippen LogP contribution in [0, 0.1) is 5.82 Å². The Morgan fingerprint density at radius 1 is 0.966 bits per heavy atom. The Morgan fingerprint density at radius 2 is 1.76 bits per heavy atom. The Hall–Kier alpha value is -2.83. The summed E-state index contributed by atoms with van der Waals surface area (Å²) in [4.78, 5) is 8.95. The van der Waals surface area contributed by atoms with Gasteiger partial charge < -0.3 is 4.74 Å². The van der Waals surface area contributed by atoms with Crippen LogP contribution in [0.2, 0.25) is 5.02 Å². The Morgan fingerprint density at radius 3 is 2.48 bits per heavy atom. The zero-order valence-corrected chi connectivity index (χ0v) is 16.9. The molecule has 0 aliphatic rings. The van der Waals surface area contributed by atoms with Crippen molar-refractivity contribution in [1.29, 1.82) is 0 Å². The highest BCUT2D eigenvalue weighted by Crippen LogP contribution is 2.27. The number of hydrogen-bond donors (Lipinski definition) is 0. The monoisotopic (exact) mass is 425 g/mol. The average Bonchev–Trinajstić information content (AvgIpc) is 3.16. The number of imidazole rings is 1. The van der Waals surface area contributed by atoms with Crippen LogP contribution in [0.5, 0.6) is 5.75 Å². The van der Waals surface area contributed by atoms with E-state index in [0.29, 0.717) is 23.1 Å². The first-order chi connectivity index (χ1) is 14.2. The number of hydrogen-bond acceptors (Lipinski definition) is 4. The highest BCUT2D eigenvalue weighted by molar-refractivity contribution is 7.98. The Bertz CT molecular complexity index is 1070. The molecule has 29 heavy (non-hydrogen) atoms. The van der Waals surface area contributed by atoms with Crippen LogP contribution < -0.4 is 4.74 Å². The number of benzene rings is 2. The van der Waals surface area contributed by atoms with Gasteiger partial charge in [0.05, 0.1) is 17.6 Å². The number of aromatic nitrogens is 3. The van der Waals surface area contributed by atoms with Gasteiger partial charge in [-0.1, -0.05) is 29.4 Å². The molecule has 0 amide bonds. The van der Waals surface area contributed by atoms with Crippen molar-refractivity contribution in [3.8, 4) is 11.4 Å². The summed E-state index contributed by atoms with van der Waals surface area (Å²) >= 11 is 7.65. The molecule has 0 fully saturated rings. The smallest absolute Gasteiger partial charge is 0.173 e. The zero-order valence-electron chi connectivity index (χ0n) is 15.3. The summed E-state index contributed by atoms with van der Waals surface area (Å²) < 4.78 is 21.0. The van der Waals surface area contributed by atoms with Crippen molar-refractivity contribution in [2.24, 2.45) is 0 Å². The lowest BCUT2D eigenvalue weighted by atomic mass is 10.3. The molecule has 4 aromatic rings. The number of nitrogens with zero attached hydrogens (tertiary/aromatic N) is 3. The van der Waals surface area contributed by atoms with Crippen LogP contribution >= 0.6 is 23.4 Å². The minimum Gasteiger partial charge on any atom is -0.487 e. The predicted octanol–water partition coefficient (Wildman–Crippen LogP) is 5.93. The largest absolute Gasteiger partial charge is 0.487 e. The topological polar surface area (TPSA) is 39.9 Å². The first-order valence-corrected chi connectivity index (χ1v) is 10.3. The van der Waals surface area contributed by atoms with Gasteiger partial charge in [0.25, 0.3) is 0 Å². The highest BCUT2D eigenvalue weighted by Gasteiger charge is 2.14. The molecule has 0 saturated carbocycles. The molecule has 2 heterocycles. The van der Waals surface area contributed by atoms with E-state index in [-0.39, 0.29) is 5.82 Å². The van der Waals surface area contributed by atoms with E-state index in [1.807, 2.05) is 47.0 Å². The molecule has 0 unspecified atom stereocenters. The Labute approximate surface area is 177 Å². The fraction of sp³-hybridized carbons (Fsp3) is 0.0909. The van der Waals surface area contributed by atoms with Crippen LogP contribution in [0.25, 0.3) is 5.69 Å². The van der Waals surface area contributed by atoms with Crippen molar-refractivity contribution < 1.29 is 9.13 Å². The molecule has 4 rings (SSSR count). The van der Waals surface area contributed by atoms with Crippen LogP contribution in [0.3, 0.4) is 0 Å². The molecule has 2 aromatic carbocycles. The first-order valence-electron chi connectivity index (χ1n) is 8.93. The van der Waals surface area contributed by atoms with Crippen LogP contribution in [-0.2, 0) is 12.4 Å². The Balaban J connectivity index is 1.59. The molecule has 0 saturated heterocycles. The molecular formula is C22H17ClFN3OS. The average molecular weight is 426 g/mol. The third kappa shape index (κ3) is 4.96. The van der Waals surface area contributed by atoms with Gasteiger partial charge in [0.2, 0.25) is 0 Å². The van der Waals surface area contributed by atoms with Gasteiger partial charge in [0.15, 0.2) is 5.16 Å². The number of ether oxygens (including phenoxy) is 1. The van der Waals surface area contributed by atoms with E-state index >= 15 is 0 Å². The summed E-state index contributed by atoms with van der Waals surface area (Å²) in [6.45, 7) is 0.297. The van der Waals surface area contributed by atoms with Gasteiger partial charge in [0, 0.05) is 22.7 Å². The summed E-state index contributed by atoms with van der Waals surface area (Å²) in [5.74, 6) is 0.999. The zero-order chi connectivity index (χ0) is 20.1. The Kier molecular flexibility index (Phi) is 6.12. The van der Waals surface area contributed by atoms with Gasteiger partial charge >= 0.3 is 0 Å². The van der Waals surface area contributed by atoms with E-state index in [1.54, 1.807) is 36.3 Å². The van der Waals surface area contributed by atoms with Gasteiger partial charge in [-0.2, -0.15) is 0 Å². The summed E-state index contributed by atoms with van der Waals surface area (Å²) in [5.41, 5.74) is 2.79. The van der Waals surface area contributed by atoms with E-state index in [0.717, 1.165) is 22.2 Å². The highest BCUT2D eigenvalue weighted by atomic mass is 35.5. The minimum atomic E-state index is -0.295. The molecule has 0 aliphatic heterocycles. The van der Waals surface area contributed by atoms with E-state index < -0.39 is 0 Å². The second-order valence-corrected chi connectivity index (χ2v) is 7.58. The second kappa shape index (κ2) is 9.11. The second-order valence-electron chi connectivity index (χ2n) is 6.20. The van der Waals surface area contributed by atoms with E-state index in [2.05, 4.69) is 9.97 Å². The van der Waals surface area contributed by atoms with Crippen LogP contribution in [0.1, 0.15) is 11.4 Å². The fourth-order valence-corrected chi connectivity index (χ4v) is 3.80. The maximum Gasteiger partial charge on any atom is 0.173 e. The molecule has 0 aliphatic carbocycles. The van der Waals surface area contributed by atoms with Gasteiger partial charge in [-0.3, -0.25) is 9.55 Å². The SMILES string of the molecule is Fc1ccc(OCc2cnc(SCc3ccccn3)n2-c2ccc(Cl)cc2)cc1. The van der Waals surface area contributed by atoms with E-state index in [4.69, 9.17) is 16.3 Å². The van der Waals surface area contributed by atoms with Gasteiger partial charge in [-0.15, -0.1) is 0 Å². The van der Waals surface area contributed by atoms with Crippen molar-refractivity contribution in [2.75, 3.05) is 0 Å². The normalized spacial score (nSPS) is 10.8. The fourth-order valence-electron chi connectivity index (χ4n) is 2.75. The van der Waals surface area contributed by atoms with Crippen LogP contribution in [-0.4, -0.2) is 14.5 Å².